The van der Waals surface area contributed by atoms with Crippen LogP contribution in [0.5, 0.6) is 0 Å². The zero-order chi connectivity index (χ0) is 51.4. The third-order valence-corrected chi connectivity index (χ3v) is 13.5. The molecular formula is C65H116O6. The van der Waals surface area contributed by atoms with Crippen LogP contribution in [0.25, 0.3) is 0 Å². The Morgan fingerprint density at radius 2 is 0.549 bits per heavy atom. The first-order valence-corrected chi connectivity index (χ1v) is 30.8. The summed E-state index contributed by atoms with van der Waals surface area (Å²) in [5, 5.41) is 0. The number of rotatable bonds is 56. The first-order valence-electron chi connectivity index (χ1n) is 30.8. The summed E-state index contributed by atoms with van der Waals surface area (Å²) in [5.41, 5.74) is 0. The van der Waals surface area contributed by atoms with Gasteiger partial charge in [-0.3, -0.25) is 14.4 Å². The summed E-state index contributed by atoms with van der Waals surface area (Å²) in [6, 6.07) is 0. The van der Waals surface area contributed by atoms with Crippen molar-refractivity contribution < 1.29 is 28.6 Å². The molecule has 0 heterocycles. The third-order valence-electron chi connectivity index (χ3n) is 13.5. The molecule has 0 bridgehead atoms. The van der Waals surface area contributed by atoms with Crippen molar-refractivity contribution in [2.75, 3.05) is 13.2 Å². The maximum atomic E-state index is 12.7. The van der Waals surface area contributed by atoms with E-state index in [4.69, 9.17) is 14.2 Å². The van der Waals surface area contributed by atoms with E-state index < -0.39 is 6.10 Å². The van der Waals surface area contributed by atoms with E-state index in [2.05, 4.69) is 81.5 Å². The molecule has 0 radical (unpaired) electrons. The zero-order valence-electron chi connectivity index (χ0n) is 47.2. The number of hydrogen-bond acceptors (Lipinski definition) is 6. The summed E-state index contributed by atoms with van der Waals surface area (Å²) in [7, 11) is 0. The van der Waals surface area contributed by atoms with E-state index >= 15 is 0 Å². The SMILES string of the molecule is CC/C=C\C/C=C\C/C=C\C/C=C\C/C=C\CCCCCCCCCCCCCCCCCCCCCC(=O)OCC(COC(=O)CCCCCCCC)OC(=O)CCCCCCCCCCCCCC. The van der Waals surface area contributed by atoms with Crippen molar-refractivity contribution in [1.82, 2.24) is 0 Å². The Balaban J connectivity index is 3.88. The van der Waals surface area contributed by atoms with Crippen molar-refractivity contribution in [1.29, 1.82) is 0 Å². The fourth-order valence-corrected chi connectivity index (χ4v) is 8.94. The highest BCUT2D eigenvalue weighted by molar-refractivity contribution is 5.71. The fourth-order valence-electron chi connectivity index (χ4n) is 8.94. The molecule has 0 aromatic carbocycles. The van der Waals surface area contributed by atoms with E-state index in [-0.39, 0.29) is 31.1 Å². The van der Waals surface area contributed by atoms with Crippen LogP contribution in [0.4, 0.5) is 0 Å². The van der Waals surface area contributed by atoms with Gasteiger partial charge in [0.05, 0.1) is 0 Å². The van der Waals surface area contributed by atoms with Gasteiger partial charge in [-0.05, 0) is 64.2 Å². The lowest BCUT2D eigenvalue weighted by Crippen LogP contribution is -2.30. The zero-order valence-corrected chi connectivity index (χ0v) is 47.2. The topological polar surface area (TPSA) is 78.9 Å². The molecule has 0 aliphatic rings. The lowest BCUT2D eigenvalue weighted by Gasteiger charge is -2.18. The third kappa shape index (κ3) is 57.9. The van der Waals surface area contributed by atoms with Gasteiger partial charge in [0.15, 0.2) is 6.10 Å². The van der Waals surface area contributed by atoms with Gasteiger partial charge in [0.1, 0.15) is 13.2 Å². The Kier molecular flexibility index (Phi) is 57.2. The van der Waals surface area contributed by atoms with Gasteiger partial charge in [-0.2, -0.15) is 0 Å². The average Bonchev–Trinajstić information content (AvgIpc) is 3.37. The minimum Gasteiger partial charge on any atom is -0.462 e. The van der Waals surface area contributed by atoms with Crippen LogP contribution in [-0.4, -0.2) is 37.2 Å². The summed E-state index contributed by atoms with van der Waals surface area (Å²) in [4.78, 5) is 37.8. The Bertz CT molecular complexity index is 1280. The molecule has 0 aliphatic carbocycles. The second-order valence-corrected chi connectivity index (χ2v) is 20.6. The summed E-state index contributed by atoms with van der Waals surface area (Å²) in [5.74, 6) is -0.863. The van der Waals surface area contributed by atoms with E-state index in [1.165, 1.54) is 186 Å². The van der Waals surface area contributed by atoms with Crippen LogP contribution in [0.3, 0.4) is 0 Å². The molecule has 0 aromatic rings. The van der Waals surface area contributed by atoms with Gasteiger partial charge in [-0.15, -0.1) is 0 Å². The maximum absolute atomic E-state index is 12.7. The number of allylic oxidation sites excluding steroid dienone is 10. The number of unbranched alkanes of at least 4 members (excludes halogenated alkanes) is 35. The first-order chi connectivity index (χ1) is 35.0. The first kappa shape index (κ1) is 68.1. The van der Waals surface area contributed by atoms with Crippen LogP contribution < -0.4 is 0 Å². The number of esters is 3. The smallest absolute Gasteiger partial charge is 0.306 e. The van der Waals surface area contributed by atoms with Crippen molar-refractivity contribution in [3.8, 4) is 0 Å². The molecule has 6 heteroatoms. The molecule has 71 heavy (non-hydrogen) atoms. The second-order valence-electron chi connectivity index (χ2n) is 20.6. The molecule has 0 aromatic heterocycles. The van der Waals surface area contributed by atoms with Crippen molar-refractivity contribution in [3.63, 3.8) is 0 Å². The molecule has 0 spiro atoms. The van der Waals surface area contributed by atoms with Crippen molar-refractivity contribution >= 4 is 17.9 Å². The molecule has 1 unspecified atom stereocenters. The van der Waals surface area contributed by atoms with Gasteiger partial charge in [-0.25, -0.2) is 0 Å². The van der Waals surface area contributed by atoms with Crippen molar-refractivity contribution in [3.05, 3.63) is 60.8 Å². The lowest BCUT2D eigenvalue weighted by molar-refractivity contribution is -0.167. The molecular weight excluding hydrogens is 877 g/mol. The largest absolute Gasteiger partial charge is 0.462 e. The molecule has 0 N–H and O–H groups in total. The van der Waals surface area contributed by atoms with Crippen LogP contribution in [0.2, 0.25) is 0 Å². The van der Waals surface area contributed by atoms with Crippen molar-refractivity contribution in [2.45, 2.75) is 322 Å². The van der Waals surface area contributed by atoms with Gasteiger partial charge < -0.3 is 14.2 Å². The molecule has 0 amide bonds. The van der Waals surface area contributed by atoms with E-state index in [9.17, 15) is 14.4 Å². The predicted molar refractivity (Wildman–Crippen MR) is 307 cm³/mol. The Morgan fingerprint density at radius 1 is 0.296 bits per heavy atom. The highest BCUT2D eigenvalue weighted by Crippen LogP contribution is 2.17. The van der Waals surface area contributed by atoms with Gasteiger partial charge in [-0.1, -0.05) is 293 Å². The van der Waals surface area contributed by atoms with Crippen LogP contribution in [0.15, 0.2) is 60.8 Å². The molecule has 0 fully saturated rings. The van der Waals surface area contributed by atoms with Gasteiger partial charge in [0, 0.05) is 19.3 Å². The fraction of sp³-hybridized carbons (Fsp3) is 0.800. The summed E-state index contributed by atoms with van der Waals surface area (Å²) >= 11 is 0. The molecule has 6 nitrogen and oxygen atoms in total. The summed E-state index contributed by atoms with van der Waals surface area (Å²) in [6.45, 7) is 6.49. The molecule has 0 saturated heterocycles. The second kappa shape index (κ2) is 59.7. The van der Waals surface area contributed by atoms with Crippen LogP contribution in [0, 0.1) is 0 Å². The number of carbonyl (C=O) groups excluding carboxylic acids is 3. The van der Waals surface area contributed by atoms with Gasteiger partial charge in [0.2, 0.25) is 0 Å². The van der Waals surface area contributed by atoms with Crippen molar-refractivity contribution in [2.24, 2.45) is 0 Å². The Morgan fingerprint density at radius 3 is 0.859 bits per heavy atom. The average molecular weight is 994 g/mol. The van der Waals surface area contributed by atoms with E-state index in [0.29, 0.717) is 19.3 Å². The van der Waals surface area contributed by atoms with Crippen LogP contribution >= 0.6 is 0 Å². The number of hydrogen-bond donors (Lipinski definition) is 0. The monoisotopic (exact) mass is 993 g/mol. The molecule has 0 saturated carbocycles. The summed E-state index contributed by atoms with van der Waals surface area (Å²) in [6.07, 6.45) is 75.6. The van der Waals surface area contributed by atoms with Crippen LogP contribution in [0.1, 0.15) is 316 Å². The van der Waals surface area contributed by atoms with Crippen LogP contribution in [-0.2, 0) is 28.6 Å². The maximum Gasteiger partial charge on any atom is 0.306 e. The predicted octanol–water partition coefficient (Wildman–Crippen LogP) is 20.8. The highest BCUT2D eigenvalue weighted by atomic mass is 16.6. The summed E-state index contributed by atoms with van der Waals surface area (Å²) < 4.78 is 16.7. The van der Waals surface area contributed by atoms with E-state index in [0.717, 1.165) is 89.9 Å². The Labute approximate surface area is 440 Å². The molecule has 1 atom stereocenters. The van der Waals surface area contributed by atoms with Gasteiger partial charge in [0.25, 0.3) is 0 Å². The van der Waals surface area contributed by atoms with E-state index in [1.54, 1.807) is 0 Å². The Hall–Kier alpha value is -2.89. The molecule has 412 valence electrons. The molecule has 0 rings (SSSR count). The minimum absolute atomic E-state index is 0.0678. The van der Waals surface area contributed by atoms with Gasteiger partial charge >= 0.3 is 17.9 Å². The molecule has 0 aliphatic heterocycles. The highest BCUT2D eigenvalue weighted by Gasteiger charge is 2.19. The minimum atomic E-state index is -0.764. The number of carbonyl (C=O) groups is 3. The normalized spacial score (nSPS) is 12.4. The standard InChI is InChI=1S/C65H116O6/c1-4-7-10-13-16-18-20-22-23-24-25-26-27-28-29-30-31-32-33-34-35-36-37-38-39-40-41-42-43-44-46-47-49-52-55-58-64(67)70-61-62(60-69-63(66)57-54-51-15-12-9-6-3)71-65(68)59-56-53-50-48-45-21-19-17-14-11-8-5-2/h7,10,16,18,22-23,25-26,28-29,62H,4-6,8-9,11-15,17,19-21,24,27,30-61H2,1-3H3/b10-7-,18-16-,23-22-,26-25-,29-28-. The number of ether oxygens (including phenoxy) is 3. The van der Waals surface area contributed by atoms with E-state index in [1.807, 2.05) is 0 Å². The lowest BCUT2D eigenvalue weighted by atomic mass is 10.0. The quantitative estimate of drug-likeness (QED) is 0.0261.